The molecule has 0 aliphatic carbocycles. The van der Waals surface area contributed by atoms with Gasteiger partial charge in [0.2, 0.25) is 0 Å². The molecule has 130 valence electrons. The highest BCUT2D eigenvalue weighted by Gasteiger charge is 2.34. The predicted octanol–water partition coefficient (Wildman–Crippen LogP) is 4.63. The summed E-state index contributed by atoms with van der Waals surface area (Å²) in [5.41, 5.74) is 2.14. The van der Waals surface area contributed by atoms with Crippen molar-refractivity contribution in [2.45, 2.75) is 52.2 Å². The van der Waals surface area contributed by atoms with E-state index in [2.05, 4.69) is 23.1 Å². The van der Waals surface area contributed by atoms with Gasteiger partial charge in [-0.2, -0.15) is 0 Å². The maximum atomic E-state index is 12.4. The molecule has 0 aromatic carbocycles. The number of nitrogens with one attached hydrogen (secondary N) is 1. The Balaban J connectivity index is 2.12. The van der Waals surface area contributed by atoms with E-state index >= 15 is 0 Å². The molecule has 0 saturated carbocycles. The third-order valence-electron chi connectivity index (χ3n) is 3.71. The minimum Gasteiger partial charge on any atom is -0.444 e. The van der Waals surface area contributed by atoms with Crippen LogP contribution < -0.4 is 0 Å². The summed E-state index contributed by atoms with van der Waals surface area (Å²) in [7, 11) is 0. The SMILES string of the molecule is C=C(C)/C=C\C(=C)c1cnc(C2CCCN2C(=O)OC(C)(C)C)[nH]1. The lowest BCUT2D eigenvalue weighted by Crippen LogP contribution is -2.36. The standard InChI is InChI=1S/C19H27N3O2/c1-13(2)9-10-14(3)15-12-20-17(21-15)16-8-7-11-22(16)18(23)24-19(4,5)6/h9-10,12,16H,1,3,7-8,11H2,2,4-6H3,(H,20,21)/b10-9-. The Kier molecular flexibility index (Phi) is 5.32. The second-order valence-corrected chi connectivity index (χ2v) is 7.22. The van der Waals surface area contributed by atoms with Gasteiger partial charge in [0.1, 0.15) is 11.4 Å². The Bertz CT molecular complexity index is 664. The number of likely N-dealkylation sites (tertiary alicyclic amines) is 1. The summed E-state index contributed by atoms with van der Waals surface area (Å²) in [6.07, 6.45) is 7.10. The number of hydrogen-bond acceptors (Lipinski definition) is 3. The van der Waals surface area contributed by atoms with Crippen molar-refractivity contribution in [3.63, 3.8) is 0 Å². The van der Waals surface area contributed by atoms with Gasteiger partial charge >= 0.3 is 6.09 Å². The number of amides is 1. The molecule has 1 aromatic rings. The van der Waals surface area contributed by atoms with Gasteiger partial charge in [0, 0.05) is 6.54 Å². The number of nitrogens with zero attached hydrogens (tertiary/aromatic N) is 2. The molecule has 2 rings (SSSR count). The minimum absolute atomic E-state index is 0.0773. The molecular formula is C19H27N3O2. The topological polar surface area (TPSA) is 58.2 Å². The summed E-state index contributed by atoms with van der Waals surface area (Å²) in [6.45, 7) is 16.1. The van der Waals surface area contributed by atoms with Crippen LogP contribution in [0.2, 0.25) is 0 Å². The third-order valence-corrected chi connectivity index (χ3v) is 3.71. The van der Waals surface area contributed by atoms with Crippen molar-refractivity contribution >= 4 is 11.7 Å². The average Bonchev–Trinajstić information content (AvgIpc) is 3.10. The number of hydrogen-bond donors (Lipinski definition) is 1. The summed E-state index contributed by atoms with van der Waals surface area (Å²) in [6, 6.07) is -0.0773. The van der Waals surface area contributed by atoms with Gasteiger partial charge in [-0.25, -0.2) is 9.78 Å². The number of H-pyrrole nitrogens is 1. The van der Waals surface area contributed by atoms with E-state index in [4.69, 9.17) is 4.74 Å². The van der Waals surface area contributed by atoms with Crippen LogP contribution in [0.5, 0.6) is 0 Å². The number of rotatable bonds is 4. The Labute approximate surface area is 144 Å². The first kappa shape index (κ1) is 18.0. The predicted molar refractivity (Wildman–Crippen MR) is 96.5 cm³/mol. The van der Waals surface area contributed by atoms with E-state index in [-0.39, 0.29) is 12.1 Å². The molecule has 0 spiro atoms. The van der Waals surface area contributed by atoms with Gasteiger partial charge in [-0.3, -0.25) is 4.90 Å². The van der Waals surface area contributed by atoms with Crippen LogP contribution in [0.1, 0.15) is 58.1 Å². The first-order valence-corrected chi connectivity index (χ1v) is 8.25. The number of ether oxygens (including phenoxy) is 1. The van der Waals surface area contributed by atoms with Gasteiger partial charge in [-0.15, -0.1) is 0 Å². The molecule has 24 heavy (non-hydrogen) atoms. The molecule has 1 unspecified atom stereocenters. The van der Waals surface area contributed by atoms with Gasteiger partial charge in [-0.1, -0.05) is 30.9 Å². The third kappa shape index (κ3) is 4.60. The van der Waals surface area contributed by atoms with E-state index in [1.165, 1.54) is 0 Å². The molecule has 2 heterocycles. The zero-order chi connectivity index (χ0) is 17.9. The average molecular weight is 329 g/mol. The molecule has 1 amide bonds. The van der Waals surface area contributed by atoms with Crippen molar-refractivity contribution in [2.75, 3.05) is 6.54 Å². The lowest BCUT2D eigenvalue weighted by atomic mass is 10.2. The van der Waals surface area contributed by atoms with Crippen molar-refractivity contribution < 1.29 is 9.53 Å². The van der Waals surface area contributed by atoms with Crippen LogP contribution in [-0.4, -0.2) is 33.1 Å². The van der Waals surface area contributed by atoms with Crippen LogP contribution >= 0.6 is 0 Å². The van der Waals surface area contributed by atoms with Gasteiger partial charge in [-0.05, 0) is 46.1 Å². The van der Waals surface area contributed by atoms with Crippen molar-refractivity contribution in [3.8, 4) is 0 Å². The van der Waals surface area contributed by atoms with E-state index in [9.17, 15) is 4.79 Å². The van der Waals surface area contributed by atoms with Crippen LogP contribution in [-0.2, 0) is 4.74 Å². The Morgan fingerprint density at radius 1 is 1.42 bits per heavy atom. The number of imidazole rings is 1. The molecule has 1 aliphatic heterocycles. The highest BCUT2D eigenvalue weighted by Crippen LogP contribution is 2.32. The molecule has 1 fully saturated rings. The molecule has 5 nitrogen and oxygen atoms in total. The maximum absolute atomic E-state index is 12.4. The number of aromatic amines is 1. The highest BCUT2D eigenvalue weighted by molar-refractivity contribution is 5.70. The quantitative estimate of drug-likeness (QED) is 0.820. The number of allylic oxidation sites excluding steroid dienone is 4. The smallest absolute Gasteiger partial charge is 0.410 e. The molecular weight excluding hydrogens is 302 g/mol. The fourth-order valence-electron chi connectivity index (χ4n) is 2.59. The highest BCUT2D eigenvalue weighted by atomic mass is 16.6. The van der Waals surface area contributed by atoms with Gasteiger partial charge in [0.25, 0.3) is 0 Å². The molecule has 1 N–H and O–H groups in total. The van der Waals surface area contributed by atoms with Crippen molar-refractivity contribution in [3.05, 3.63) is 48.6 Å². The van der Waals surface area contributed by atoms with E-state index in [0.29, 0.717) is 6.54 Å². The Morgan fingerprint density at radius 3 is 2.75 bits per heavy atom. The number of carbonyl (C=O) groups excluding carboxylic acids is 1. The van der Waals surface area contributed by atoms with Gasteiger partial charge in [0.05, 0.1) is 17.9 Å². The summed E-state index contributed by atoms with van der Waals surface area (Å²) >= 11 is 0. The molecule has 0 bridgehead atoms. The molecule has 1 saturated heterocycles. The maximum Gasteiger partial charge on any atom is 0.410 e. The normalized spacial score (nSPS) is 18.2. The van der Waals surface area contributed by atoms with Crippen molar-refractivity contribution in [2.24, 2.45) is 0 Å². The van der Waals surface area contributed by atoms with Crippen molar-refractivity contribution in [1.29, 1.82) is 0 Å². The van der Waals surface area contributed by atoms with E-state index < -0.39 is 5.60 Å². The lowest BCUT2D eigenvalue weighted by molar-refractivity contribution is 0.0218. The second-order valence-electron chi connectivity index (χ2n) is 7.22. The Hall–Kier alpha value is -2.30. The minimum atomic E-state index is -0.500. The van der Waals surface area contributed by atoms with Crippen molar-refractivity contribution in [1.82, 2.24) is 14.9 Å². The summed E-state index contributed by atoms with van der Waals surface area (Å²) in [5, 5.41) is 0. The van der Waals surface area contributed by atoms with Crippen LogP contribution in [0.15, 0.2) is 37.1 Å². The fraction of sp³-hybridized carbons (Fsp3) is 0.474. The number of aromatic nitrogens is 2. The van der Waals surface area contributed by atoms with Gasteiger partial charge in [0.15, 0.2) is 0 Å². The zero-order valence-corrected chi connectivity index (χ0v) is 15.1. The molecule has 5 heteroatoms. The molecule has 1 atom stereocenters. The summed E-state index contributed by atoms with van der Waals surface area (Å²) < 4.78 is 5.50. The zero-order valence-electron chi connectivity index (χ0n) is 15.1. The monoisotopic (exact) mass is 329 g/mol. The molecule has 0 radical (unpaired) electrons. The van der Waals surface area contributed by atoms with E-state index in [1.54, 1.807) is 11.1 Å². The lowest BCUT2D eigenvalue weighted by Gasteiger charge is -2.27. The van der Waals surface area contributed by atoms with Crippen LogP contribution in [0, 0.1) is 0 Å². The first-order valence-electron chi connectivity index (χ1n) is 8.25. The van der Waals surface area contributed by atoms with Crippen LogP contribution in [0.4, 0.5) is 4.79 Å². The molecule has 1 aliphatic rings. The largest absolute Gasteiger partial charge is 0.444 e. The van der Waals surface area contributed by atoms with E-state index in [1.807, 2.05) is 39.8 Å². The van der Waals surface area contributed by atoms with Crippen LogP contribution in [0.25, 0.3) is 5.57 Å². The Morgan fingerprint density at radius 2 is 2.12 bits per heavy atom. The second kappa shape index (κ2) is 7.07. The summed E-state index contributed by atoms with van der Waals surface area (Å²) in [5.74, 6) is 0.776. The molecule has 1 aromatic heterocycles. The van der Waals surface area contributed by atoms with Gasteiger partial charge < -0.3 is 9.72 Å². The van der Waals surface area contributed by atoms with Crippen LogP contribution in [0.3, 0.4) is 0 Å². The summed E-state index contributed by atoms with van der Waals surface area (Å²) in [4.78, 5) is 21.9. The first-order chi connectivity index (χ1) is 11.2. The number of carbonyl (C=O) groups is 1. The van der Waals surface area contributed by atoms with E-state index in [0.717, 1.165) is 35.5 Å². The fourth-order valence-corrected chi connectivity index (χ4v) is 2.59.